The molecule has 320 valence electrons. The van der Waals surface area contributed by atoms with E-state index >= 15 is 0 Å². The van der Waals surface area contributed by atoms with Crippen molar-refractivity contribution in [3.63, 3.8) is 0 Å². The molecule has 0 saturated heterocycles. The summed E-state index contributed by atoms with van der Waals surface area (Å²) in [4.78, 5) is 52.6. The van der Waals surface area contributed by atoms with Crippen molar-refractivity contribution in [3.05, 3.63) is 241 Å². The monoisotopic (exact) mass is 856 g/mol. The molecule has 9 aromatic carbocycles. The van der Waals surface area contributed by atoms with Crippen molar-refractivity contribution in [2.45, 2.75) is 20.3 Å². The molecule has 0 aliphatic carbocycles. The van der Waals surface area contributed by atoms with Gasteiger partial charge in [0.25, 0.3) is 0 Å². The summed E-state index contributed by atoms with van der Waals surface area (Å²) >= 11 is 0. The predicted molar refractivity (Wildman–Crippen MR) is 256 cm³/mol. The molecule has 0 aromatic heterocycles. The van der Waals surface area contributed by atoms with Gasteiger partial charge in [0, 0.05) is 16.2 Å². The average Bonchev–Trinajstić information content (AvgIpc) is 3.35. The van der Waals surface area contributed by atoms with Crippen molar-refractivity contribution in [1.29, 1.82) is 0 Å². The molecule has 0 bridgehead atoms. The molecule has 8 heteroatoms. The van der Waals surface area contributed by atoms with Crippen LogP contribution in [0.1, 0.15) is 60.8 Å². The quantitative estimate of drug-likeness (QED) is 0.0803. The molecule has 65 heavy (non-hydrogen) atoms. The topological polar surface area (TPSA) is 105 Å². The third-order valence-electron chi connectivity index (χ3n) is 10.0. The van der Waals surface area contributed by atoms with Gasteiger partial charge in [-0.3, -0.25) is 0 Å². The summed E-state index contributed by atoms with van der Waals surface area (Å²) in [5.74, 6) is -1.21. The molecular weight excluding hydrogens is 813 g/mol. The van der Waals surface area contributed by atoms with Gasteiger partial charge in [0.15, 0.2) is 0 Å². The highest BCUT2D eigenvalue weighted by molar-refractivity contribution is 6.01. The number of carbonyl (C=O) groups is 4. The molecule has 0 atom stereocenters. The van der Waals surface area contributed by atoms with E-state index in [1.54, 1.807) is 91.0 Å². The molecule has 0 aliphatic heterocycles. The van der Waals surface area contributed by atoms with Crippen molar-refractivity contribution in [2.75, 3.05) is 0 Å². The van der Waals surface area contributed by atoms with Crippen LogP contribution < -0.4 is 18.9 Å². The third kappa shape index (κ3) is 11.3. The van der Waals surface area contributed by atoms with Gasteiger partial charge in [-0.1, -0.05) is 140 Å². The van der Waals surface area contributed by atoms with E-state index in [-0.39, 0.29) is 33.8 Å². The summed E-state index contributed by atoms with van der Waals surface area (Å²) in [5.41, 5.74) is 2.11. The molecule has 0 aliphatic rings. The fourth-order valence-electron chi connectivity index (χ4n) is 6.86. The SMILES string of the molecule is C=CC.CCc1ccccc1.O=C(Oc1ccc2c(OC(=O)c3cccc(C(=O)Oc4cccc5ccccc45)c3)cccc2c1)c1cccc(C(=O)Oc2cccc3ccccc23)c1. The molecule has 0 amide bonds. The molecule has 9 aromatic rings. The predicted octanol–water partition coefficient (Wildman–Crippen LogP) is 13.5. The standard InChI is InChI=1S/C46H28O8.C8H10.C3H6/c47-43(32-15-5-16-33(26-32)44(48)52-40-21-7-12-29-10-1-3-19-37(29)40)51-36-24-25-39-31(28-36)14-9-23-42(39)54-46(50)35-18-6-17-34(27-35)45(49)53-41-22-8-13-30-11-2-4-20-38(30)41;1-2-8-6-4-3-5-7-8;1-3-2/h1-28H;3-7H,2H2,1H3;3H,1H2,2H3. The van der Waals surface area contributed by atoms with E-state index in [2.05, 4.69) is 37.8 Å². The van der Waals surface area contributed by atoms with Crippen LogP contribution in [0.25, 0.3) is 32.3 Å². The molecule has 0 heterocycles. The van der Waals surface area contributed by atoms with Gasteiger partial charge in [-0.2, -0.15) is 0 Å². The van der Waals surface area contributed by atoms with E-state index < -0.39 is 23.9 Å². The number of fused-ring (bicyclic) bond motifs is 3. The third-order valence-corrected chi connectivity index (χ3v) is 10.0. The highest BCUT2D eigenvalue weighted by atomic mass is 16.5. The van der Waals surface area contributed by atoms with E-state index in [0.29, 0.717) is 22.3 Å². The molecule has 0 fully saturated rings. The number of allylic oxidation sites excluding steroid dienone is 1. The van der Waals surface area contributed by atoms with E-state index in [1.165, 1.54) is 17.7 Å². The van der Waals surface area contributed by atoms with Crippen LogP contribution in [0.3, 0.4) is 0 Å². The zero-order valence-electron chi connectivity index (χ0n) is 35.8. The lowest BCUT2D eigenvalue weighted by molar-refractivity contribution is 0.0718. The van der Waals surface area contributed by atoms with Gasteiger partial charge in [0.05, 0.1) is 22.3 Å². The molecule has 0 radical (unpaired) electrons. The molecule has 9 rings (SSSR count). The second-order valence-corrected chi connectivity index (χ2v) is 14.6. The van der Waals surface area contributed by atoms with E-state index in [4.69, 9.17) is 18.9 Å². The lowest BCUT2D eigenvalue weighted by Gasteiger charge is -2.11. The Morgan fingerprint density at radius 3 is 1.18 bits per heavy atom. The van der Waals surface area contributed by atoms with Crippen molar-refractivity contribution in [1.82, 2.24) is 0 Å². The summed E-state index contributed by atoms with van der Waals surface area (Å²) in [6, 6.07) is 58.8. The Morgan fingerprint density at radius 1 is 0.400 bits per heavy atom. The maximum absolute atomic E-state index is 13.3. The minimum absolute atomic E-state index is 0.160. The van der Waals surface area contributed by atoms with E-state index in [0.717, 1.165) is 28.0 Å². The first-order valence-corrected chi connectivity index (χ1v) is 20.9. The Kier molecular flexibility index (Phi) is 14.7. The fraction of sp³-hybridized carbons (Fsp3) is 0.0526. The number of carbonyl (C=O) groups excluding carboxylic acids is 4. The lowest BCUT2D eigenvalue weighted by atomic mass is 10.1. The van der Waals surface area contributed by atoms with E-state index in [9.17, 15) is 19.2 Å². The average molecular weight is 857 g/mol. The summed E-state index contributed by atoms with van der Waals surface area (Å²) in [6.45, 7) is 7.41. The number of benzene rings is 9. The smallest absolute Gasteiger partial charge is 0.343 e. The van der Waals surface area contributed by atoms with Crippen molar-refractivity contribution in [3.8, 4) is 23.0 Å². The first kappa shape index (κ1) is 44.4. The van der Waals surface area contributed by atoms with Crippen LogP contribution in [0, 0.1) is 0 Å². The van der Waals surface area contributed by atoms with E-state index in [1.807, 2.05) is 85.8 Å². The van der Waals surface area contributed by atoms with Gasteiger partial charge in [-0.15, -0.1) is 6.58 Å². The normalized spacial score (nSPS) is 10.4. The van der Waals surface area contributed by atoms with Crippen molar-refractivity contribution in [2.24, 2.45) is 0 Å². The zero-order valence-corrected chi connectivity index (χ0v) is 35.8. The van der Waals surface area contributed by atoms with Crippen LogP contribution in [-0.2, 0) is 6.42 Å². The van der Waals surface area contributed by atoms with Gasteiger partial charge in [0.1, 0.15) is 23.0 Å². The maximum atomic E-state index is 13.3. The minimum Gasteiger partial charge on any atom is -0.423 e. The number of aryl methyl sites for hydroxylation is 1. The van der Waals surface area contributed by atoms with Crippen molar-refractivity contribution >= 4 is 56.2 Å². The Bertz CT molecular complexity index is 3140. The Hall–Kier alpha value is -8.62. The Morgan fingerprint density at radius 2 is 0.754 bits per heavy atom. The Labute approximate surface area is 376 Å². The second-order valence-electron chi connectivity index (χ2n) is 14.6. The first-order chi connectivity index (χ1) is 31.7. The minimum atomic E-state index is -0.671. The molecule has 0 saturated carbocycles. The van der Waals surface area contributed by atoms with Gasteiger partial charge < -0.3 is 18.9 Å². The molecule has 0 N–H and O–H groups in total. The highest BCUT2D eigenvalue weighted by Crippen LogP contribution is 2.31. The van der Waals surface area contributed by atoms with Gasteiger partial charge in [-0.05, 0) is 108 Å². The number of hydrogen-bond donors (Lipinski definition) is 0. The van der Waals surface area contributed by atoms with Crippen LogP contribution in [-0.4, -0.2) is 23.9 Å². The number of ether oxygens (including phenoxy) is 4. The second kappa shape index (κ2) is 21.4. The zero-order chi connectivity index (χ0) is 45.5. The number of esters is 4. The van der Waals surface area contributed by atoms with Gasteiger partial charge >= 0.3 is 23.9 Å². The number of rotatable bonds is 9. The maximum Gasteiger partial charge on any atom is 0.343 e. The molecule has 0 unspecified atom stereocenters. The highest BCUT2D eigenvalue weighted by Gasteiger charge is 2.18. The summed E-state index contributed by atoms with van der Waals surface area (Å²) in [6.07, 6.45) is 2.89. The Balaban J connectivity index is 0.000000507. The summed E-state index contributed by atoms with van der Waals surface area (Å²) < 4.78 is 22.8. The number of hydrogen-bond acceptors (Lipinski definition) is 8. The van der Waals surface area contributed by atoms with Crippen LogP contribution >= 0.6 is 0 Å². The summed E-state index contributed by atoms with van der Waals surface area (Å²) in [5, 5.41) is 4.69. The molecule has 8 nitrogen and oxygen atoms in total. The first-order valence-electron chi connectivity index (χ1n) is 20.9. The summed E-state index contributed by atoms with van der Waals surface area (Å²) in [7, 11) is 0. The van der Waals surface area contributed by atoms with Crippen LogP contribution in [0.5, 0.6) is 23.0 Å². The van der Waals surface area contributed by atoms with Gasteiger partial charge in [0.2, 0.25) is 0 Å². The fourth-order valence-corrected chi connectivity index (χ4v) is 6.86. The molecular formula is C57H44O8. The van der Waals surface area contributed by atoms with Gasteiger partial charge in [-0.25, -0.2) is 19.2 Å². The van der Waals surface area contributed by atoms with Crippen LogP contribution in [0.4, 0.5) is 0 Å². The largest absolute Gasteiger partial charge is 0.423 e. The van der Waals surface area contributed by atoms with Crippen molar-refractivity contribution < 1.29 is 38.1 Å². The lowest BCUT2D eigenvalue weighted by Crippen LogP contribution is -2.13. The molecule has 0 spiro atoms. The van der Waals surface area contributed by atoms with Crippen LogP contribution in [0.15, 0.2) is 213 Å². The van der Waals surface area contributed by atoms with Crippen LogP contribution in [0.2, 0.25) is 0 Å².